The first-order valence-corrected chi connectivity index (χ1v) is 13.3. The van der Waals surface area contributed by atoms with Crippen molar-refractivity contribution in [3.63, 3.8) is 0 Å². The van der Waals surface area contributed by atoms with Crippen molar-refractivity contribution < 1.29 is 14.7 Å². The van der Waals surface area contributed by atoms with Crippen LogP contribution in [0.25, 0.3) is 10.9 Å². The molecule has 4 heterocycles. The van der Waals surface area contributed by atoms with Crippen molar-refractivity contribution in [3.8, 4) is 0 Å². The quantitative estimate of drug-likeness (QED) is 0.429. The monoisotopic (exact) mass is 521 g/mol. The summed E-state index contributed by atoms with van der Waals surface area (Å²) in [6.07, 6.45) is 4.65. The summed E-state index contributed by atoms with van der Waals surface area (Å²) in [5, 5.41) is 17.1. The number of carboxylic acid groups (broad SMARTS) is 1. The van der Waals surface area contributed by atoms with Gasteiger partial charge in [-0.25, -0.2) is 9.79 Å². The van der Waals surface area contributed by atoms with Crippen LogP contribution in [0.3, 0.4) is 0 Å². The van der Waals surface area contributed by atoms with Crippen LogP contribution in [0.5, 0.6) is 0 Å². The number of aryl methyl sites for hydroxylation is 3. The van der Waals surface area contributed by atoms with E-state index in [-0.39, 0.29) is 17.9 Å². The zero-order valence-corrected chi connectivity index (χ0v) is 22.3. The lowest BCUT2D eigenvalue weighted by molar-refractivity contribution is -0.133. The van der Waals surface area contributed by atoms with Crippen molar-refractivity contribution in [2.24, 2.45) is 10.4 Å². The van der Waals surface area contributed by atoms with Gasteiger partial charge in [0.15, 0.2) is 0 Å². The van der Waals surface area contributed by atoms with Crippen LogP contribution in [0.4, 0.5) is 17.1 Å². The average molecular weight is 522 g/mol. The van der Waals surface area contributed by atoms with Gasteiger partial charge in [0.2, 0.25) is 5.91 Å². The Labute approximate surface area is 227 Å². The molecule has 3 N–H and O–H groups in total. The molecule has 1 fully saturated rings. The molecular formula is C31H31N5O3. The number of piperidine rings is 1. The second-order valence-electron chi connectivity index (χ2n) is 10.7. The Morgan fingerprint density at radius 1 is 1.08 bits per heavy atom. The first-order chi connectivity index (χ1) is 18.7. The predicted molar refractivity (Wildman–Crippen MR) is 154 cm³/mol. The number of hydrogen-bond donors (Lipinski definition) is 3. The fourth-order valence-corrected chi connectivity index (χ4v) is 6.04. The van der Waals surface area contributed by atoms with E-state index in [0.717, 1.165) is 33.7 Å². The highest BCUT2D eigenvalue weighted by Crippen LogP contribution is 2.46. The first kappa shape index (κ1) is 24.9. The topological polar surface area (TPSA) is 107 Å². The highest BCUT2D eigenvalue weighted by atomic mass is 16.4. The number of anilines is 3. The molecule has 2 aromatic carbocycles. The van der Waals surface area contributed by atoms with Crippen molar-refractivity contribution >= 4 is 46.1 Å². The predicted octanol–water partition coefficient (Wildman–Crippen LogP) is 5.32. The Bertz CT molecular complexity index is 1610. The number of nitrogens with one attached hydrogen (secondary N) is 2. The molecule has 0 radical (unpaired) electrons. The molecule has 0 atom stereocenters. The SMILES string of the molecule is Cc1cc(C)c2nc(C)cc(Nc3ccc(N4CCC5(CC4)C(=O)NC4=C5C=C(C(=O)O)CC=N4)cc3)c2c1. The number of carbonyl (C=O) groups is 2. The van der Waals surface area contributed by atoms with Crippen LogP contribution >= 0.6 is 0 Å². The van der Waals surface area contributed by atoms with Gasteiger partial charge >= 0.3 is 5.97 Å². The van der Waals surface area contributed by atoms with Crippen LogP contribution in [0.15, 0.2) is 70.5 Å². The molecule has 0 bridgehead atoms. The molecular weight excluding hydrogens is 490 g/mol. The molecule has 198 valence electrons. The number of hydrogen-bond acceptors (Lipinski definition) is 6. The van der Waals surface area contributed by atoms with Gasteiger partial charge in [0.1, 0.15) is 5.82 Å². The van der Waals surface area contributed by atoms with Crippen molar-refractivity contribution in [1.82, 2.24) is 10.3 Å². The summed E-state index contributed by atoms with van der Waals surface area (Å²) in [5.74, 6) is -0.572. The highest BCUT2D eigenvalue weighted by Gasteiger charge is 2.50. The Morgan fingerprint density at radius 3 is 2.54 bits per heavy atom. The number of allylic oxidation sites excluding steroid dienone is 1. The van der Waals surface area contributed by atoms with Crippen LogP contribution in [-0.4, -0.2) is 41.3 Å². The smallest absolute Gasteiger partial charge is 0.331 e. The van der Waals surface area contributed by atoms with Gasteiger partial charge in [0.25, 0.3) is 0 Å². The minimum Gasteiger partial charge on any atom is -0.478 e. The van der Waals surface area contributed by atoms with Crippen LogP contribution in [0.2, 0.25) is 0 Å². The molecule has 0 unspecified atom stereocenters. The summed E-state index contributed by atoms with van der Waals surface area (Å²) in [6, 6.07) is 14.8. The number of pyridine rings is 1. The molecule has 1 amide bonds. The van der Waals surface area contributed by atoms with E-state index in [2.05, 4.69) is 76.8 Å². The largest absolute Gasteiger partial charge is 0.478 e. The van der Waals surface area contributed by atoms with Gasteiger partial charge in [-0.1, -0.05) is 11.6 Å². The molecule has 0 saturated carbocycles. The summed E-state index contributed by atoms with van der Waals surface area (Å²) >= 11 is 0. The van der Waals surface area contributed by atoms with Crippen LogP contribution in [-0.2, 0) is 9.59 Å². The molecule has 1 spiro atoms. The molecule has 8 heteroatoms. The summed E-state index contributed by atoms with van der Waals surface area (Å²) in [5.41, 5.74) is 7.69. The zero-order valence-electron chi connectivity index (χ0n) is 22.3. The number of fused-ring (bicyclic) bond motifs is 2. The van der Waals surface area contributed by atoms with E-state index in [1.165, 1.54) is 11.1 Å². The number of amides is 1. The molecule has 3 aliphatic rings. The van der Waals surface area contributed by atoms with E-state index < -0.39 is 11.4 Å². The number of aliphatic carboxylic acids is 1. The number of aliphatic imine (C=N–C) groups is 1. The average Bonchev–Trinajstić information content (AvgIpc) is 3.03. The third-order valence-corrected chi connectivity index (χ3v) is 8.07. The second kappa shape index (κ2) is 9.38. The van der Waals surface area contributed by atoms with Crippen molar-refractivity contribution in [2.45, 2.75) is 40.0 Å². The van der Waals surface area contributed by atoms with Crippen LogP contribution in [0.1, 0.15) is 36.1 Å². The summed E-state index contributed by atoms with van der Waals surface area (Å²) in [6.45, 7) is 7.58. The Morgan fingerprint density at radius 2 is 1.82 bits per heavy atom. The number of nitrogens with zero attached hydrogens (tertiary/aromatic N) is 3. The van der Waals surface area contributed by atoms with Gasteiger partial charge in [-0.2, -0.15) is 0 Å². The molecule has 1 aromatic heterocycles. The maximum absolute atomic E-state index is 13.1. The van der Waals surface area contributed by atoms with E-state index in [1.54, 1.807) is 12.3 Å². The second-order valence-corrected chi connectivity index (χ2v) is 10.7. The van der Waals surface area contributed by atoms with E-state index >= 15 is 0 Å². The number of carboxylic acids is 1. The van der Waals surface area contributed by atoms with Crippen molar-refractivity contribution in [1.29, 1.82) is 0 Å². The van der Waals surface area contributed by atoms with Crippen LogP contribution in [0, 0.1) is 26.2 Å². The van der Waals surface area contributed by atoms with E-state index in [4.69, 9.17) is 4.98 Å². The lowest BCUT2D eigenvalue weighted by atomic mass is 9.72. The Hall–Kier alpha value is -4.46. The number of carbonyl (C=O) groups excluding carboxylic acids is 1. The zero-order chi connectivity index (χ0) is 27.3. The number of benzene rings is 2. The minimum atomic E-state index is -0.976. The van der Waals surface area contributed by atoms with Gasteiger partial charge in [-0.15, -0.1) is 0 Å². The standard InChI is InChI=1S/C31H31N5O3/c1-18-14-19(2)27-24(15-18)26(16-20(3)33-27)34-22-4-6-23(7-5-22)36-12-9-31(10-13-36)25-17-21(29(37)38)8-11-32-28(25)35-30(31)39/h4-7,11,14-17H,8-10,12-13H2,1-3H3,(H,33,34)(H,35,39)(H,37,38). The minimum absolute atomic E-state index is 0.0860. The Balaban J connectivity index is 1.20. The summed E-state index contributed by atoms with van der Waals surface area (Å²) in [7, 11) is 0. The first-order valence-electron chi connectivity index (χ1n) is 13.3. The van der Waals surface area contributed by atoms with Gasteiger partial charge in [0.05, 0.1) is 10.9 Å². The molecule has 3 aromatic rings. The molecule has 0 aliphatic carbocycles. The molecule has 3 aliphatic heterocycles. The van der Waals surface area contributed by atoms with Gasteiger partial charge in [-0.05, 0) is 81.7 Å². The van der Waals surface area contributed by atoms with Crippen LogP contribution < -0.4 is 15.5 Å². The normalized spacial score (nSPS) is 18.2. The van der Waals surface area contributed by atoms with Gasteiger partial charge in [-0.3, -0.25) is 9.78 Å². The third-order valence-electron chi connectivity index (χ3n) is 8.07. The van der Waals surface area contributed by atoms with Gasteiger partial charge < -0.3 is 20.6 Å². The number of aromatic nitrogens is 1. The molecule has 39 heavy (non-hydrogen) atoms. The Kier molecular flexibility index (Phi) is 5.98. The maximum atomic E-state index is 13.1. The van der Waals surface area contributed by atoms with Crippen molar-refractivity contribution in [2.75, 3.05) is 23.3 Å². The van der Waals surface area contributed by atoms with E-state index in [9.17, 15) is 14.7 Å². The summed E-state index contributed by atoms with van der Waals surface area (Å²) in [4.78, 5) is 36.1. The fourth-order valence-electron chi connectivity index (χ4n) is 6.04. The number of rotatable bonds is 4. The molecule has 8 nitrogen and oxygen atoms in total. The fraction of sp³-hybridized carbons (Fsp3) is 0.290. The van der Waals surface area contributed by atoms with E-state index in [0.29, 0.717) is 37.3 Å². The molecule has 6 rings (SSSR count). The lowest BCUT2D eigenvalue weighted by Crippen LogP contribution is -2.45. The van der Waals surface area contributed by atoms with Crippen molar-refractivity contribution in [3.05, 3.63) is 82.3 Å². The lowest BCUT2D eigenvalue weighted by Gasteiger charge is -2.39. The molecule has 1 saturated heterocycles. The third kappa shape index (κ3) is 4.35. The highest BCUT2D eigenvalue weighted by molar-refractivity contribution is 5.97. The van der Waals surface area contributed by atoms with Gasteiger partial charge in [0, 0.05) is 65.0 Å². The summed E-state index contributed by atoms with van der Waals surface area (Å²) < 4.78 is 0. The van der Waals surface area contributed by atoms with E-state index in [1.807, 2.05) is 6.92 Å². The maximum Gasteiger partial charge on any atom is 0.331 e.